The number of rotatable bonds is 6. The Labute approximate surface area is 149 Å². The molecule has 2 aromatic carbocycles. The van der Waals surface area contributed by atoms with Gasteiger partial charge in [-0.3, -0.25) is 0 Å². The van der Waals surface area contributed by atoms with Crippen molar-refractivity contribution >= 4 is 0 Å². The minimum absolute atomic E-state index is 0.0705. The summed E-state index contributed by atoms with van der Waals surface area (Å²) in [5, 5.41) is 10.5. The molecule has 0 fully saturated rings. The third kappa shape index (κ3) is 5.02. The standard InChI is InChI=1S/C22H26O3/c1-17-21(24-15-18-9-4-2-5-10-18)14-8-13-20(23)22(17)25-16-19-11-6-3-7-12-19/h2-12,14,17,20-23H,13,15-16H2,1H3/t17-,20-,21-,22-/m1/s1. The molecule has 1 aliphatic rings. The molecule has 0 saturated heterocycles. The van der Waals surface area contributed by atoms with E-state index in [0.717, 1.165) is 11.1 Å². The molecule has 0 bridgehead atoms. The maximum Gasteiger partial charge on any atom is 0.0894 e. The fourth-order valence-corrected chi connectivity index (χ4v) is 3.20. The van der Waals surface area contributed by atoms with E-state index in [1.54, 1.807) is 0 Å². The third-order valence-corrected chi connectivity index (χ3v) is 4.69. The van der Waals surface area contributed by atoms with E-state index >= 15 is 0 Å². The van der Waals surface area contributed by atoms with Gasteiger partial charge in [0.1, 0.15) is 0 Å². The van der Waals surface area contributed by atoms with E-state index in [-0.39, 0.29) is 18.1 Å². The molecule has 132 valence electrons. The predicted octanol–water partition coefficient (Wildman–Crippen LogP) is 4.11. The molecule has 0 unspecified atom stereocenters. The van der Waals surface area contributed by atoms with Gasteiger partial charge in [0.2, 0.25) is 0 Å². The highest BCUT2D eigenvalue weighted by Gasteiger charge is 2.33. The smallest absolute Gasteiger partial charge is 0.0894 e. The Bertz CT molecular complexity index is 653. The molecule has 1 N–H and O–H groups in total. The van der Waals surface area contributed by atoms with E-state index in [2.05, 4.69) is 25.1 Å². The minimum atomic E-state index is -0.514. The Morgan fingerprint density at radius 1 is 0.880 bits per heavy atom. The lowest BCUT2D eigenvalue weighted by molar-refractivity contribution is -0.100. The number of hydrogen-bond donors (Lipinski definition) is 1. The van der Waals surface area contributed by atoms with Crippen molar-refractivity contribution in [3.63, 3.8) is 0 Å². The summed E-state index contributed by atoms with van der Waals surface area (Å²) in [6.45, 7) is 3.14. The van der Waals surface area contributed by atoms with Gasteiger partial charge in [-0.2, -0.15) is 0 Å². The second-order valence-corrected chi connectivity index (χ2v) is 6.61. The minimum Gasteiger partial charge on any atom is -0.390 e. The molecule has 1 aliphatic carbocycles. The van der Waals surface area contributed by atoms with Gasteiger partial charge < -0.3 is 14.6 Å². The zero-order valence-corrected chi connectivity index (χ0v) is 14.6. The maximum absolute atomic E-state index is 10.5. The van der Waals surface area contributed by atoms with Crippen LogP contribution in [-0.2, 0) is 22.7 Å². The molecule has 3 rings (SSSR count). The van der Waals surface area contributed by atoms with Gasteiger partial charge in [-0.1, -0.05) is 79.7 Å². The molecule has 3 nitrogen and oxygen atoms in total. The van der Waals surface area contributed by atoms with Crippen LogP contribution in [0.15, 0.2) is 72.8 Å². The zero-order chi connectivity index (χ0) is 17.5. The Morgan fingerprint density at radius 3 is 2.04 bits per heavy atom. The van der Waals surface area contributed by atoms with Crippen molar-refractivity contribution in [2.75, 3.05) is 0 Å². The van der Waals surface area contributed by atoms with Gasteiger partial charge in [0.25, 0.3) is 0 Å². The predicted molar refractivity (Wildman–Crippen MR) is 99.0 cm³/mol. The van der Waals surface area contributed by atoms with Crippen molar-refractivity contribution in [3.8, 4) is 0 Å². The van der Waals surface area contributed by atoms with Crippen LogP contribution in [0.25, 0.3) is 0 Å². The Balaban J connectivity index is 1.61. The summed E-state index contributed by atoms with van der Waals surface area (Å²) in [4.78, 5) is 0. The van der Waals surface area contributed by atoms with Crippen molar-refractivity contribution in [1.82, 2.24) is 0 Å². The lowest BCUT2D eigenvalue weighted by Gasteiger charge is -2.30. The van der Waals surface area contributed by atoms with E-state index in [1.165, 1.54) is 0 Å². The summed E-state index contributed by atoms with van der Waals surface area (Å²) >= 11 is 0. The van der Waals surface area contributed by atoms with Crippen molar-refractivity contribution < 1.29 is 14.6 Å². The number of aliphatic hydroxyl groups excluding tert-OH is 1. The second kappa shape index (κ2) is 8.95. The molecular formula is C22H26O3. The van der Waals surface area contributed by atoms with Crippen LogP contribution in [0.4, 0.5) is 0 Å². The van der Waals surface area contributed by atoms with E-state index in [9.17, 15) is 5.11 Å². The first-order chi connectivity index (χ1) is 12.2. The van der Waals surface area contributed by atoms with Crippen LogP contribution >= 0.6 is 0 Å². The summed E-state index contributed by atoms with van der Waals surface area (Å²) < 4.78 is 12.2. The van der Waals surface area contributed by atoms with Crippen molar-refractivity contribution in [2.24, 2.45) is 5.92 Å². The average Bonchev–Trinajstić information content (AvgIpc) is 2.78. The van der Waals surface area contributed by atoms with Gasteiger partial charge in [-0.15, -0.1) is 0 Å². The third-order valence-electron chi connectivity index (χ3n) is 4.69. The molecule has 3 heteroatoms. The monoisotopic (exact) mass is 338 g/mol. The number of aliphatic hydroxyl groups is 1. The normalized spacial score (nSPS) is 26.3. The summed E-state index contributed by atoms with van der Waals surface area (Å²) in [7, 11) is 0. The fourth-order valence-electron chi connectivity index (χ4n) is 3.20. The maximum atomic E-state index is 10.5. The molecule has 0 saturated carbocycles. The highest BCUT2D eigenvalue weighted by atomic mass is 16.5. The van der Waals surface area contributed by atoms with Crippen LogP contribution in [0.1, 0.15) is 24.5 Å². The first kappa shape index (κ1) is 17.9. The van der Waals surface area contributed by atoms with Crippen LogP contribution in [0, 0.1) is 5.92 Å². The summed E-state index contributed by atoms with van der Waals surface area (Å²) in [5.41, 5.74) is 2.26. The van der Waals surface area contributed by atoms with Crippen LogP contribution in [-0.4, -0.2) is 23.4 Å². The number of hydrogen-bond acceptors (Lipinski definition) is 3. The lowest BCUT2D eigenvalue weighted by Crippen LogP contribution is -2.39. The number of benzene rings is 2. The van der Waals surface area contributed by atoms with Crippen LogP contribution in [0.3, 0.4) is 0 Å². The fraction of sp³-hybridized carbons (Fsp3) is 0.364. The van der Waals surface area contributed by atoms with Gasteiger partial charge in [-0.25, -0.2) is 0 Å². The van der Waals surface area contributed by atoms with Crippen molar-refractivity contribution in [2.45, 2.75) is 44.9 Å². The summed E-state index contributed by atoms with van der Waals surface area (Å²) in [5.74, 6) is 0.0705. The van der Waals surface area contributed by atoms with Gasteiger partial charge in [0.05, 0.1) is 31.5 Å². The van der Waals surface area contributed by atoms with E-state index in [1.807, 2.05) is 54.6 Å². The SMILES string of the molecule is C[C@H]1[C@@H](OCc2ccccc2)[C@H](O)CC=C[C@H]1OCc1ccccc1. The molecular weight excluding hydrogens is 312 g/mol. The molecule has 0 heterocycles. The second-order valence-electron chi connectivity index (χ2n) is 6.61. The van der Waals surface area contributed by atoms with Crippen LogP contribution < -0.4 is 0 Å². The van der Waals surface area contributed by atoms with Gasteiger partial charge in [0.15, 0.2) is 0 Å². The highest BCUT2D eigenvalue weighted by molar-refractivity contribution is 5.15. The molecule has 2 aromatic rings. The summed E-state index contributed by atoms with van der Waals surface area (Å²) in [6, 6.07) is 20.2. The quantitative estimate of drug-likeness (QED) is 0.806. The molecule has 0 amide bonds. The largest absolute Gasteiger partial charge is 0.390 e. The molecule has 0 aromatic heterocycles. The zero-order valence-electron chi connectivity index (χ0n) is 14.6. The molecule has 0 radical (unpaired) electrons. The van der Waals surface area contributed by atoms with Crippen LogP contribution in [0.2, 0.25) is 0 Å². The van der Waals surface area contributed by atoms with Crippen molar-refractivity contribution in [1.29, 1.82) is 0 Å². The van der Waals surface area contributed by atoms with Gasteiger partial charge >= 0.3 is 0 Å². The summed E-state index contributed by atoms with van der Waals surface area (Å²) in [6.07, 6.45) is 3.81. The average molecular weight is 338 g/mol. The van der Waals surface area contributed by atoms with E-state index in [0.29, 0.717) is 19.6 Å². The van der Waals surface area contributed by atoms with Gasteiger partial charge in [0, 0.05) is 5.92 Å². The van der Waals surface area contributed by atoms with E-state index < -0.39 is 6.10 Å². The molecule has 4 atom stereocenters. The van der Waals surface area contributed by atoms with Crippen molar-refractivity contribution in [3.05, 3.63) is 83.9 Å². The molecule has 0 spiro atoms. The molecule has 25 heavy (non-hydrogen) atoms. The first-order valence-electron chi connectivity index (χ1n) is 8.90. The van der Waals surface area contributed by atoms with Gasteiger partial charge in [-0.05, 0) is 17.5 Å². The Hall–Kier alpha value is -1.94. The first-order valence-corrected chi connectivity index (χ1v) is 8.90. The Morgan fingerprint density at radius 2 is 1.44 bits per heavy atom. The molecule has 0 aliphatic heterocycles. The number of ether oxygens (including phenoxy) is 2. The van der Waals surface area contributed by atoms with Crippen LogP contribution in [0.5, 0.6) is 0 Å². The topological polar surface area (TPSA) is 38.7 Å². The van der Waals surface area contributed by atoms with E-state index in [4.69, 9.17) is 9.47 Å². The Kier molecular flexibility index (Phi) is 6.40. The highest BCUT2D eigenvalue weighted by Crippen LogP contribution is 2.26. The lowest BCUT2D eigenvalue weighted by atomic mass is 9.95.